The molecule has 2 heteroatoms. The van der Waals surface area contributed by atoms with Crippen LogP contribution in [0.25, 0.3) is 0 Å². The van der Waals surface area contributed by atoms with Gasteiger partial charge in [-0.25, -0.2) is 0 Å². The third kappa shape index (κ3) is 8.63. The third-order valence-corrected chi connectivity index (χ3v) is 3.40. The predicted octanol–water partition coefficient (Wildman–Crippen LogP) is 3.15. The van der Waals surface area contributed by atoms with Crippen LogP contribution < -0.4 is 5.32 Å². The van der Waals surface area contributed by atoms with Gasteiger partial charge in [0.25, 0.3) is 0 Å². The van der Waals surface area contributed by atoms with E-state index in [1.807, 2.05) is 11.8 Å². The summed E-state index contributed by atoms with van der Waals surface area (Å²) >= 11 is 1.92. The highest BCUT2D eigenvalue weighted by Gasteiger charge is 2.15. The average molecular weight is 203 g/mol. The summed E-state index contributed by atoms with van der Waals surface area (Å²) in [6.07, 6.45) is 3.42. The van der Waals surface area contributed by atoms with Gasteiger partial charge in [-0.15, -0.1) is 0 Å². The first kappa shape index (κ1) is 13.3. The van der Waals surface area contributed by atoms with Crippen LogP contribution in [0.2, 0.25) is 0 Å². The van der Waals surface area contributed by atoms with Gasteiger partial charge in [0, 0.05) is 11.3 Å². The molecule has 1 N–H and O–H groups in total. The molecule has 0 bridgehead atoms. The Labute approximate surface area is 88.1 Å². The lowest BCUT2D eigenvalue weighted by Crippen LogP contribution is -2.33. The summed E-state index contributed by atoms with van der Waals surface area (Å²) in [4.78, 5) is 0. The number of thioether (sulfide) groups is 1. The normalized spacial score (nSPS) is 13.4. The molecule has 80 valence electrons. The zero-order chi connectivity index (χ0) is 10.5. The van der Waals surface area contributed by atoms with Gasteiger partial charge in [-0.3, -0.25) is 0 Å². The van der Waals surface area contributed by atoms with Crippen molar-refractivity contribution < 1.29 is 0 Å². The Morgan fingerprint density at radius 2 is 1.62 bits per heavy atom. The second-order valence-corrected chi connectivity index (χ2v) is 6.96. The van der Waals surface area contributed by atoms with Crippen molar-refractivity contribution in [1.82, 2.24) is 5.32 Å². The van der Waals surface area contributed by atoms with E-state index < -0.39 is 0 Å². The largest absolute Gasteiger partial charge is 0.315 e. The van der Waals surface area contributed by atoms with Crippen LogP contribution in [0.3, 0.4) is 0 Å². The standard InChI is InChI=1S/C11H25NS/c1-10(2,3)7-8-12-9-11(4,5)13-6/h12H,7-9H2,1-6H3. The lowest BCUT2D eigenvalue weighted by molar-refractivity contribution is 0.364. The van der Waals surface area contributed by atoms with Crippen molar-refractivity contribution in [3.8, 4) is 0 Å². The van der Waals surface area contributed by atoms with Crippen LogP contribution in [-0.2, 0) is 0 Å². The SMILES string of the molecule is CSC(C)(C)CNCCC(C)(C)C. The van der Waals surface area contributed by atoms with Crippen LogP contribution in [0.1, 0.15) is 41.0 Å². The molecule has 0 aliphatic rings. The topological polar surface area (TPSA) is 12.0 Å². The molecular formula is C11H25NS. The minimum atomic E-state index is 0.373. The minimum Gasteiger partial charge on any atom is -0.315 e. The molecule has 0 saturated carbocycles. The van der Waals surface area contributed by atoms with E-state index >= 15 is 0 Å². The molecule has 0 rings (SSSR count). The molecule has 0 radical (unpaired) electrons. The molecule has 0 fully saturated rings. The Hall–Kier alpha value is 0.310. The van der Waals surface area contributed by atoms with Crippen molar-refractivity contribution in [2.75, 3.05) is 19.3 Å². The van der Waals surface area contributed by atoms with Crippen LogP contribution in [0.4, 0.5) is 0 Å². The highest BCUT2D eigenvalue weighted by molar-refractivity contribution is 7.99. The van der Waals surface area contributed by atoms with E-state index in [1.54, 1.807) is 0 Å². The van der Waals surface area contributed by atoms with Gasteiger partial charge in [0.1, 0.15) is 0 Å². The van der Waals surface area contributed by atoms with Crippen LogP contribution in [0.5, 0.6) is 0 Å². The number of rotatable bonds is 5. The van der Waals surface area contributed by atoms with Gasteiger partial charge in [0.15, 0.2) is 0 Å². The Balaban J connectivity index is 3.47. The molecule has 0 spiro atoms. The molecule has 0 aromatic carbocycles. The van der Waals surface area contributed by atoms with Crippen molar-refractivity contribution in [2.45, 2.75) is 45.8 Å². The van der Waals surface area contributed by atoms with Crippen molar-refractivity contribution >= 4 is 11.8 Å². The molecule has 1 nitrogen and oxygen atoms in total. The summed E-state index contributed by atoms with van der Waals surface area (Å²) < 4.78 is 0.373. The third-order valence-electron chi connectivity index (χ3n) is 2.16. The summed E-state index contributed by atoms with van der Waals surface area (Å²) in [6.45, 7) is 13.7. The first-order valence-corrected chi connectivity index (χ1v) is 6.25. The first-order valence-electron chi connectivity index (χ1n) is 5.03. The van der Waals surface area contributed by atoms with Crippen molar-refractivity contribution in [3.05, 3.63) is 0 Å². The Morgan fingerprint density at radius 1 is 1.08 bits per heavy atom. The first-order chi connectivity index (χ1) is 5.77. The van der Waals surface area contributed by atoms with Crippen molar-refractivity contribution in [2.24, 2.45) is 5.41 Å². The molecule has 13 heavy (non-hydrogen) atoms. The van der Waals surface area contributed by atoms with E-state index in [9.17, 15) is 0 Å². The van der Waals surface area contributed by atoms with Gasteiger partial charge in [-0.1, -0.05) is 20.8 Å². The zero-order valence-corrected chi connectivity index (χ0v) is 10.8. The van der Waals surface area contributed by atoms with E-state index in [1.165, 1.54) is 6.42 Å². The summed E-state index contributed by atoms with van der Waals surface area (Å²) in [5.74, 6) is 0. The molecule has 0 aromatic rings. The summed E-state index contributed by atoms with van der Waals surface area (Å²) in [7, 11) is 0. The number of hydrogen-bond donors (Lipinski definition) is 1. The second kappa shape index (κ2) is 5.26. The molecule has 0 unspecified atom stereocenters. The maximum absolute atomic E-state index is 3.51. The zero-order valence-electron chi connectivity index (χ0n) is 10.0. The molecule has 0 heterocycles. The summed E-state index contributed by atoms with van der Waals surface area (Å²) in [6, 6.07) is 0. The number of hydrogen-bond acceptors (Lipinski definition) is 2. The van der Waals surface area contributed by atoms with Gasteiger partial charge in [0.05, 0.1) is 0 Å². The van der Waals surface area contributed by atoms with Gasteiger partial charge in [-0.05, 0) is 38.5 Å². The van der Waals surface area contributed by atoms with Crippen LogP contribution >= 0.6 is 11.8 Å². The van der Waals surface area contributed by atoms with E-state index in [4.69, 9.17) is 0 Å². The molecule has 0 saturated heterocycles. The van der Waals surface area contributed by atoms with Gasteiger partial charge in [0.2, 0.25) is 0 Å². The molecule has 0 amide bonds. The van der Waals surface area contributed by atoms with Gasteiger partial charge >= 0.3 is 0 Å². The van der Waals surface area contributed by atoms with Crippen LogP contribution in [0, 0.1) is 5.41 Å². The Morgan fingerprint density at radius 3 is 2.00 bits per heavy atom. The molecule has 0 aromatic heterocycles. The van der Waals surface area contributed by atoms with Crippen LogP contribution in [0.15, 0.2) is 0 Å². The predicted molar refractivity (Wildman–Crippen MR) is 64.5 cm³/mol. The monoisotopic (exact) mass is 203 g/mol. The van der Waals surface area contributed by atoms with Gasteiger partial charge < -0.3 is 5.32 Å². The molecule has 0 aliphatic heterocycles. The second-order valence-electron chi connectivity index (χ2n) is 5.45. The number of nitrogens with one attached hydrogen (secondary N) is 1. The van der Waals surface area contributed by atoms with E-state index in [0.717, 1.165) is 13.1 Å². The van der Waals surface area contributed by atoms with E-state index in [0.29, 0.717) is 10.2 Å². The van der Waals surface area contributed by atoms with E-state index in [2.05, 4.69) is 46.2 Å². The fraction of sp³-hybridized carbons (Fsp3) is 1.00. The summed E-state index contributed by atoms with van der Waals surface area (Å²) in [5.41, 5.74) is 0.455. The minimum absolute atomic E-state index is 0.373. The lowest BCUT2D eigenvalue weighted by atomic mass is 9.92. The highest BCUT2D eigenvalue weighted by Crippen LogP contribution is 2.20. The maximum atomic E-state index is 3.51. The van der Waals surface area contributed by atoms with Crippen LogP contribution in [-0.4, -0.2) is 24.1 Å². The molecule has 0 atom stereocenters. The van der Waals surface area contributed by atoms with E-state index in [-0.39, 0.29) is 0 Å². The molecular weight excluding hydrogens is 178 g/mol. The fourth-order valence-electron chi connectivity index (χ4n) is 0.925. The van der Waals surface area contributed by atoms with Crippen molar-refractivity contribution in [1.29, 1.82) is 0 Å². The fourth-order valence-corrected chi connectivity index (χ4v) is 1.17. The maximum Gasteiger partial charge on any atom is 0.0225 e. The Kier molecular flexibility index (Phi) is 5.38. The highest BCUT2D eigenvalue weighted by atomic mass is 32.2. The quantitative estimate of drug-likeness (QED) is 0.689. The van der Waals surface area contributed by atoms with Crippen molar-refractivity contribution in [3.63, 3.8) is 0 Å². The lowest BCUT2D eigenvalue weighted by Gasteiger charge is -2.24. The molecule has 0 aliphatic carbocycles. The summed E-state index contributed by atoms with van der Waals surface area (Å²) in [5, 5.41) is 3.51. The average Bonchev–Trinajstić information content (AvgIpc) is 1.97. The van der Waals surface area contributed by atoms with Gasteiger partial charge in [-0.2, -0.15) is 11.8 Å². The Bertz CT molecular complexity index is 136. The smallest absolute Gasteiger partial charge is 0.0225 e.